The number of hydrogen-bond acceptors (Lipinski definition) is 8. The van der Waals surface area contributed by atoms with Gasteiger partial charge in [-0.25, -0.2) is 4.57 Å². The third kappa shape index (κ3) is 38.7. The SMILES string of the molecule is CCCCCC/C=C\C/C=C\CCCCCCCCOCC(COP(=O)(O)OCC(O)CO)OC(=O)CCCCCCCCCCCCCCCC. The first kappa shape index (κ1) is 50.9. The number of unbranched alkanes of at least 4 members (excludes halogenated alkanes) is 23. The molecule has 0 aromatic carbocycles. The lowest BCUT2D eigenvalue weighted by Gasteiger charge is -2.20. The van der Waals surface area contributed by atoms with E-state index in [1.807, 2.05) is 0 Å². The molecule has 0 radical (unpaired) electrons. The van der Waals surface area contributed by atoms with E-state index < -0.39 is 33.2 Å². The van der Waals surface area contributed by atoms with Crippen LogP contribution in [0.3, 0.4) is 0 Å². The summed E-state index contributed by atoms with van der Waals surface area (Å²) in [6, 6.07) is 0. The fourth-order valence-corrected chi connectivity index (χ4v) is 6.65. The quantitative estimate of drug-likeness (QED) is 0.0241. The molecule has 3 atom stereocenters. The van der Waals surface area contributed by atoms with Gasteiger partial charge in [0.05, 0.1) is 26.4 Å². The zero-order valence-corrected chi connectivity index (χ0v) is 34.4. The van der Waals surface area contributed by atoms with Gasteiger partial charge in [0.1, 0.15) is 12.2 Å². The van der Waals surface area contributed by atoms with Crippen molar-refractivity contribution in [1.29, 1.82) is 0 Å². The van der Waals surface area contributed by atoms with Crippen molar-refractivity contribution in [3.05, 3.63) is 24.3 Å². The van der Waals surface area contributed by atoms with Gasteiger partial charge in [-0.15, -0.1) is 0 Å². The Hall–Kier alpha value is -1.06. The van der Waals surface area contributed by atoms with E-state index in [1.54, 1.807) is 0 Å². The van der Waals surface area contributed by atoms with Gasteiger partial charge in [-0.2, -0.15) is 0 Å². The third-order valence-corrected chi connectivity index (χ3v) is 10.1. The number of rotatable bonds is 41. The number of hydrogen-bond donors (Lipinski definition) is 3. The summed E-state index contributed by atoms with van der Waals surface area (Å²) in [5.41, 5.74) is 0. The average molecular weight is 761 g/mol. The first-order chi connectivity index (χ1) is 25.3. The second-order valence-corrected chi connectivity index (χ2v) is 15.8. The van der Waals surface area contributed by atoms with Gasteiger partial charge in [-0.05, 0) is 44.9 Å². The smallest absolute Gasteiger partial charge is 0.457 e. The van der Waals surface area contributed by atoms with Gasteiger partial charge in [-0.1, -0.05) is 167 Å². The molecule has 0 saturated heterocycles. The molecule has 0 aliphatic carbocycles. The van der Waals surface area contributed by atoms with Crippen LogP contribution in [0.1, 0.15) is 194 Å². The Morgan fingerprint density at radius 3 is 1.56 bits per heavy atom. The number of phosphoric ester groups is 1. The maximum atomic E-state index is 12.6. The van der Waals surface area contributed by atoms with Crippen LogP contribution in [0.5, 0.6) is 0 Å². The van der Waals surface area contributed by atoms with E-state index in [0.29, 0.717) is 6.61 Å². The van der Waals surface area contributed by atoms with Crippen molar-refractivity contribution in [3.63, 3.8) is 0 Å². The molecule has 9 nitrogen and oxygen atoms in total. The molecule has 0 aliphatic rings. The van der Waals surface area contributed by atoms with Crippen molar-refractivity contribution in [2.45, 2.75) is 206 Å². The Balaban J connectivity index is 4.18. The van der Waals surface area contributed by atoms with E-state index in [4.69, 9.17) is 23.6 Å². The number of allylic oxidation sites excluding steroid dienone is 4. The second-order valence-electron chi connectivity index (χ2n) is 14.4. The van der Waals surface area contributed by atoms with E-state index in [2.05, 4.69) is 38.2 Å². The van der Waals surface area contributed by atoms with Gasteiger partial charge in [0.15, 0.2) is 0 Å². The monoisotopic (exact) mass is 761 g/mol. The van der Waals surface area contributed by atoms with Gasteiger partial charge in [0.25, 0.3) is 0 Å². The highest BCUT2D eigenvalue weighted by atomic mass is 31.2. The molecule has 0 heterocycles. The van der Waals surface area contributed by atoms with Crippen molar-refractivity contribution in [3.8, 4) is 0 Å². The molecule has 52 heavy (non-hydrogen) atoms. The van der Waals surface area contributed by atoms with Crippen molar-refractivity contribution in [2.75, 3.05) is 33.0 Å². The van der Waals surface area contributed by atoms with Crippen molar-refractivity contribution in [1.82, 2.24) is 0 Å². The molecular weight excluding hydrogens is 679 g/mol. The number of aliphatic hydroxyl groups is 2. The average Bonchev–Trinajstić information content (AvgIpc) is 3.13. The van der Waals surface area contributed by atoms with Gasteiger partial charge >= 0.3 is 13.8 Å². The topological polar surface area (TPSA) is 132 Å². The molecule has 0 aromatic rings. The summed E-state index contributed by atoms with van der Waals surface area (Å²) in [7, 11) is -4.51. The van der Waals surface area contributed by atoms with Crippen LogP contribution in [0.4, 0.5) is 0 Å². The molecule has 0 aromatic heterocycles. The fraction of sp³-hybridized carbons (Fsp3) is 0.881. The predicted molar refractivity (Wildman–Crippen MR) is 214 cm³/mol. The van der Waals surface area contributed by atoms with E-state index in [9.17, 15) is 19.4 Å². The number of phosphoric acid groups is 1. The standard InChI is InChI=1S/C42H81O9P/c1-3-5-7-9-11-13-15-17-19-20-21-23-25-27-29-31-33-35-48-38-41(39-50-52(46,47)49-37-40(44)36-43)51-42(45)34-32-30-28-26-24-22-18-16-14-12-10-8-6-4-2/h13,15,19-20,40-41,43-44H,3-12,14,16-18,21-39H2,1-2H3,(H,46,47)/b15-13-,20-19-. The van der Waals surface area contributed by atoms with Gasteiger partial charge in [0, 0.05) is 13.0 Å². The first-order valence-corrected chi connectivity index (χ1v) is 22.8. The van der Waals surface area contributed by atoms with Crippen LogP contribution in [-0.2, 0) is 27.9 Å². The molecule has 0 saturated carbocycles. The highest BCUT2D eigenvalue weighted by Crippen LogP contribution is 2.43. The first-order valence-electron chi connectivity index (χ1n) is 21.3. The normalized spacial score (nSPS) is 14.3. The molecule has 0 bridgehead atoms. The van der Waals surface area contributed by atoms with Gasteiger partial charge in [-0.3, -0.25) is 13.8 Å². The summed E-state index contributed by atoms with van der Waals surface area (Å²) in [6.45, 7) is 3.50. The largest absolute Gasteiger partial charge is 0.472 e. The summed E-state index contributed by atoms with van der Waals surface area (Å²) in [5, 5.41) is 18.3. The lowest BCUT2D eigenvalue weighted by molar-refractivity contribution is -0.154. The highest BCUT2D eigenvalue weighted by molar-refractivity contribution is 7.47. The molecule has 0 rings (SSSR count). The number of ether oxygens (including phenoxy) is 2. The van der Waals surface area contributed by atoms with Crippen LogP contribution in [0.15, 0.2) is 24.3 Å². The minimum Gasteiger partial charge on any atom is -0.457 e. The van der Waals surface area contributed by atoms with E-state index in [1.165, 1.54) is 122 Å². The van der Waals surface area contributed by atoms with Crippen LogP contribution in [0, 0.1) is 0 Å². The maximum Gasteiger partial charge on any atom is 0.472 e. The summed E-state index contributed by atoms with van der Waals surface area (Å²) in [6.07, 6.45) is 39.8. The predicted octanol–water partition coefficient (Wildman–Crippen LogP) is 11.5. The Kier molecular flexibility index (Phi) is 38.8. The number of esters is 1. The van der Waals surface area contributed by atoms with Gasteiger partial charge < -0.3 is 24.6 Å². The molecule has 308 valence electrons. The van der Waals surface area contributed by atoms with Crippen LogP contribution >= 0.6 is 7.82 Å². The summed E-state index contributed by atoms with van der Waals surface area (Å²) < 4.78 is 33.3. The maximum absolute atomic E-state index is 12.6. The summed E-state index contributed by atoms with van der Waals surface area (Å²) >= 11 is 0. The molecule has 0 aliphatic heterocycles. The lowest BCUT2D eigenvalue weighted by Crippen LogP contribution is -2.29. The molecule has 3 N–H and O–H groups in total. The molecule has 0 amide bonds. The zero-order chi connectivity index (χ0) is 38.2. The number of carbonyl (C=O) groups excluding carboxylic acids is 1. The Bertz CT molecular complexity index is 866. The third-order valence-electron chi connectivity index (χ3n) is 9.14. The second kappa shape index (κ2) is 39.6. The number of aliphatic hydroxyl groups excluding tert-OH is 2. The highest BCUT2D eigenvalue weighted by Gasteiger charge is 2.26. The summed E-state index contributed by atoms with van der Waals surface area (Å²) in [5.74, 6) is -0.385. The van der Waals surface area contributed by atoms with Crippen molar-refractivity contribution < 1.29 is 43.0 Å². The number of carbonyl (C=O) groups is 1. The van der Waals surface area contributed by atoms with E-state index in [-0.39, 0.29) is 25.6 Å². The zero-order valence-electron chi connectivity index (χ0n) is 33.5. The molecule has 3 unspecified atom stereocenters. The van der Waals surface area contributed by atoms with Gasteiger partial charge in [0.2, 0.25) is 0 Å². The molecule has 0 fully saturated rings. The van der Waals surface area contributed by atoms with Crippen LogP contribution in [0.25, 0.3) is 0 Å². The molecule has 0 spiro atoms. The van der Waals surface area contributed by atoms with E-state index >= 15 is 0 Å². The fourth-order valence-electron chi connectivity index (χ4n) is 5.86. The van der Waals surface area contributed by atoms with Crippen LogP contribution in [0.2, 0.25) is 0 Å². The van der Waals surface area contributed by atoms with E-state index in [0.717, 1.165) is 51.4 Å². The molecule has 10 heteroatoms. The van der Waals surface area contributed by atoms with Crippen LogP contribution < -0.4 is 0 Å². The Labute approximate surface area is 319 Å². The lowest BCUT2D eigenvalue weighted by atomic mass is 10.0. The van der Waals surface area contributed by atoms with Crippen molar-refractivity contribution >= 4 is 13.8 Å². The Morgan fingerprint density at radius 1 is 0.596 bits per heavy atom. The summed E-state index contributed by atoms with van der Waals surface area (Å²) in [4.78, 5) is 22.5. The Morgan fingerprint density at radius 2 is 1.04 bits per heavy atom. The van der Waals surface area contributed by atoms with Crippen LogP contribution in [-0.4, -0.2) is 66.3 Å². The minimum atomic E-state index is -4.51. The minimum absolute atomic E-state index is 0.0458. The van der Waals surface area contributed by atoms with Crippen molar-refractivity contribution in [2.24, 2.45) is 0 Å². The molecular formula is C42H81O9P.